The molecule has 0 unspecified atom stereocenters. The number of hydrogen-bond donors (Lipinski definition) is 0. The summed E-state index contributed by atoms with van der Waals surface area (Å²) < 4.78 is 16.2. The van der Waals surface area contributed by atoms with E-state index in [-0.39, 0.29) is 0 Å². The van der Waals surface area contributed by atoms with Crippen molar-refractivity contribution in [3.63, 3.8) is 0 Å². The second kappa shape index (κ2) is 8.58. The Labute approximate surface area is 118 Å². The first-order valence-electron chi connectivity index (χ1n) is 6.83. The molecule has 5 nitrogen and oxygen atoms in total. The van der Waals surface area contributed by atoms with Gasteiger partial charge in [-0.1, -0.05) is 13.3 Å². The third-order valence-corrected chi connectivity index (χ3v) is 6.08. The van der Waals surface area contributed by atoms with E-state index in [1.54, 1.807) is 21.3 Å². The van der Waals surface area contributed by atoms with Gasteiger partial charge in [0, 0.05) is 52.9 Å². The molecule has 0 N–H and O–H groups in total. The van der Waals surface area contributed by atoms with Crippen LogP contribution in [0.25, 0.3) is 0 Å². The van der Waals surface area contributed by atoms with Crippen molar-refractivity contribution in [2.45, 2.75) is 32.2 Å². The van der Waals surface area contributed by atoms with E-state index >= 15 is 0 Å². The Kier molecular flexibility index (Phi) is 7.44. The van der Waals surface area contributed by atoms with Crippen molar-refractivity contribution in [2.75, 3.05) is 34.4 Å². The van der Waals surface area contributed by atoms with Gasteiger partial charge in [-0.15, -0.1) is 0 Å². The Balaban J connectivity index is 2.22. The molecule has 19 heavy (non-hydrogen) atoms. The molecular formula is C13H26N2O3Si. The molecule has 1 heterocycles. The molecule has 0 aromatic rings. The molecule has 0 bridgehead atoms. The van der Waals surface area contributed by atoms with Gasteiger partial charge in [0.2, 0.25) is 6.67 Å². The predicted octanol–water partition coefficient (Wildman–Crippen LogP) is 2.14. The van der Waals surface area contributed by atoms with Gasteiger partial charge in [0.25, 0.3) is 0 Å². The highest BCUT2D eigenvalue weighted by atomic mass is 28.4. The lowest BCUT2D eigenvalue weighted by atomic mass is 10.3. The fraction of sp³-hybridized carbons (Fsp3) is 0.769. The number of unbranched alkanes of at least 4 members (excludes halogenated alkanes) is 1. The summed E-state index contributed by atoms with van der Waals surface area (Å²) in [5.41, 5.74) is 0. The highest BCUT2D eigenvalue weighted by molar-refractivity contribution is 6.60. The van der Waals surface area contributed by atoms with Crippen molar-refractivity contribution in [1.82, 2.24) is 9.80 Å². The van der Waals surface area contributed by atoms with E-state index in [2.05, 4.69) is 35.8 Å². The predicted molar refractivity (Wildman–Crippen MR) is 76.9 cm³/mol. The molecule has 2 radical (unpaired) electrons. The topological polar surface area (TPSA) is 34.2 Å². The molecule has 0 aliphatic carbocycles. The molecule has 0 aromatic carbocycles. The largest absolute Gasteiger partial charge is 0.500 e. The number of nitrogens with zero attached hydrogens (tertiary/aromatic N) is 2. The van der Waals surface area contributed by atoms with Gasteiger partial charge in [0.15, 0.2) is 0 Å². The fourth-order valence-electron chi connectivity index (χ4n) is 1.99. The van der Waals surface area contributed by atoms with Crippen LogP contribution in [0.2, 0.25) is 6.04 Å². The van der Waals surface area contributed by atoms with Crippen LogP contribution in [0, 0.1) is 6.67 Å². The van der Waals surface area contributed by atoms with E-state index in [9.17, 15) is 0 Å². The minimum Gasteiger partial charge on any atom is -0.377 e. The molecule has 1 aliphatic heterocycles. The van der Waals surface area contributed by atoms with Gasteiger partial charge in [-0.2, -0.15) is 0 Å². The quantitative estimate of drug-likeness (QED) is 0.575. The SMILES string of the molecule is CCCCN1[C]N(CCC[Si](OC)(OC)OC)C=C1. The highest BCUT2D eigenvalue weighted by Gasteiger charge is 2.37. The molecule has 0 aromatic heterocycles. The Bertz CT molecular complexity index is 264. The number of hydrogen-bond acceptors (Lipinski definition) is 5. The molecular weight excluding hydrogens is 260 g/mol. The summed E-state index contributed by atoms with van der Waals surface area (Å²) in [7, 11) is 2.54. The van der Waals surface area contributed by atoms with Crippen LogP contribution in [0.4, 0.5) is 0 Å². The van der Waals surface area contributed by atoms with E-state index in [0.29, 0.717) is 0 Å². The van der Waals surface area contributed by atoms with Crippen LogP contribution in [0.5, 0.6) is 0 Å². The molecule has 0 atom stereocenters. The minimum absolute atomic E-state index is 0.817. The van der Waals surface area contributed by atoms with Crippen molar-refractivity contribution in [3.05, 3.63) is 19.1 Å². The summed E-state index contributed by atoms with van der Waals surface area (Å²) in [6.45, 7) is 7.46. The number of rotatable bonds is 10. The third kappa shape index (κ3) is 5.14. The van der Waals surface area contributed by atoms with Crippen molar-refractivity contribution < 1.29 is 13.3 Å². The summed E-state index contributed by atoms with van der Waals surface area (Å²) >= 11 is 0. The maximum absolute atomic E-state index is 5.40. The molecule has 6 heteroatoms. The summed E-state index contributed by atoms with van der Waals surface area (Å²) in [6, 6.07) is 0.817. The fourth-order valence-corrected chi connectivity index (χ4v) is 3.70. The second-order valence-electron chi connectivity index (χ2n) is 4.54. The Morgan fingerprint density at radius 3 is 1.95 bits per heavy atom. The monoisotopic (exact) mass is 286 g/mol. The maximum Gasteiger partial charge on any atom is 0.500 e. The van der Waals surface area contributed by atoms with Crippen molar-refractivity contribution in [3.8, 4) is 0 Å². The average Bonchev–Trinajstić information content (AvgIpc) is 2.90. The summed E-state index contributed by atoms with van der Waals surface area (Å²) in [4.78, 5) is 4.19. The zero-order valence-corrected chi connectivity index (χ0v) is 13.5. The van der Waals surface area contributed by atoms with Crippen LogP contribution in [-0.2, 0) is 13.3 Å². The van der Waals surface area contributed by atoms with Crippen LogP contribution in [0.15, 0.2) is 12.4 Å². The first kappa shape index (κ1) is 16.5. The Morgan fingerprint density at radius 1 is 0.947 bits per heavy atom. The Hall–Kier alpha value is -0.563. The van der Waals surface area contributed by atoms with E-state index in [0.717, 1.165) is 25.6 Å². The van der Waals surface area contributed by atoms with Gasteiger partial charge in [0.05, 0.1) is 0 Å². The van der Waals surface area contributed by atoms with Gasteiger partial charge in [-0.05, 0) is 12.8 Å². The van der Waals surface area contributed by atoms with Crippen molar-refractivity contribution in [2.24, 2.45) is 0 Å². The zero-order chi connectivity index (χ0) is 14.1. The molecule has 0 spiro atoms. The van der Waals surface area contributed by atoms with Crippen molar-refractivity contribution in [1.29, 1.82) is 0 Å². The van der Waals surface area contributed by atoms with E-state index in [4.69, 9.17) is 13.3 Å². The van der Waals surface area contributed by atoms with Crippen LogP contribution in [0.1, 0.15) is 26.2 Å². The second-order valence-corrected chi connectivity index (χ2v) is 7.63. The van der Waals surface area contributed by atoms with Crippen LogP contribution < -0.4 is 0 Å². The Morgan fingerprint density at radius 2 is 1.47 bits per heavy atom. The first-order chi connectivity index (χ1) is 9.19. The molecule has 0 amide bonds. The molecule has 0 fully saturated rings. The van der Waals surface area contributed by atoms with Crippen LogP contribution in [0.3, 0.4) is 0 Å². The molecule has 110 valence electrons. The highest BCUT2D eigenvalue weighted by Crippen LogP contribution is 2.18. The lowest BCUT2D eigenvalue weighted by Gasteiger charge is -2.25. The van der Waals surface area contributed by atoms with E-state index in [1.165, 1.54) is 12.8 Å². The minimum atomic E-state index is -2.42. The average molecular weight is 286 g/mol. The smallest absolute Gasteiger partial charge is 0.377 e. The maximum atomic E-state index is 5.40. The first-order valence-corrected chi connectivity index (χ1v) is 8.76. The van der Waals surface area contributed by atoms with Crippen LogP contribution >= 0.6 is 0 Å². The summed E-state index contributed by atoms with van der Waals surface area (Å²) in [6.07, 6.45) is 7.49. The van der Waals surface area contributed by atoms with Gasteiger partial charge >= 0.3 is 8.80 Å². The molecule has 1 aliphatic rings. The molecule has 1 rings (SSSR count). The lowest BCUT2D eigenvalue weighted by Crippen LogP contribution is -2.43. The van der Waals surface area contributed by atoms with E-state index in [1.807, 2.05) is 0 Å². The molecule has 0 saturated heterocycles. The van der Waals surface area contributed by atoms with Gasteiger partial charge in [0.1, 0.15) is 0 Å². The standard InChI is InChI=1S/C13H26N2O3Si/c1-5-6-8-14-10-11-15(13-14)9-7-12-19(16-2,17-3)18-4/h10-11H,5-9,12H2,1-4H3. The zero-order valence-electron chi connectivity index (χ0n) is 12.5. The van der Waals surface area contributed by atoms with Gasteiger partial charge in [-0.3, -0.25) is 0 Å². The molecule has 0 saturated carbocycles. The van der Waals surface area contributed by atoms with Gasteiger partial charge in [-0.25, -0.2) is 0 Å². The summed E-state index contributed by atoms with van der Waals surface area (Å²) in [5.74, 6) is 0. The van der Waals surface area contributed by atoms with Crippen molar-refractivity contribution >= 4 is 8.80 Å². The van der Waals surface area contributed by atoms with Gasteiger partial charge < -0.3 is 23.1 Å². The lowest BCUT2D eigenvalue weighted by molar-refractivity contribution is 0.122. The summed E-state index contributed by atoms with van der Waals surface area (Å²) in [5, 5.41) is 0. The van der Waals surface area contributed by atoms with E-state index < -0.39 is 8.80 Å². The van der Waals surface area contributed by atoms with Crippen LogP contribution in [-0.4, -0.2) is 53.0 Å². The normalized spacial score (nSPS) is 15.6. The third-order valence-electron chi connectivity index (χ3n) is 3.25.